The summed E-state index contributed by atoms with van der Waals surface area (Å²) < 4.78 is 5.43. The minimum atomic E-state index is -0.719. The van der Waals surface area contributed by atoms with E-state index in [9.17, 15) is 14.9 Å². The third kappa shape index (κ3) is 11.6. The highest BCUT2D eigenvalue weighted by atomic mass is 16.6. The van der Waals surface area contributed by atoms with Gasteiger partial charge < -0.3 is 15.0 Å². The third-order valence-electron chi connectivity index (χ3n) is 6.84. The van der Waals surface area contributed by atoms with Crippen LogP contribution in [0.1, 0.15) is 64.0 Å². The largest absolute Gasteiger partial charge is 0.444 e. The van der Waals surface area contributed by atoms with E-state index in [0.717, 1.165) is 38.9 Å². The molecule has 1 fully saturated rings. The van der Waals surface area contributed by atoms with Gasteiger partial charge in [0, 0.05) is 19.6 Å². The summed E-state index contributed by atoms with van der Waals surface area (Å²) >= 11 is 0. The number of amides is 2. The minimum Gasteiger partial charge on any atom is -0.444 e. The monoisotopic (exact) mass is 556 g/mol. The molecular formula is C34H44N4O3. The lowest BCUT2D eigenvalue weighted by Gasteiger charge is -2.28. The summed E-state index contributed by atoms with van der Waals surface area (Å²) in [7, 11) is 0. The molecule has 1 aliphatic heterocycles. The number of benzene rings is 2. The minimum absolute atomic E-state index is 0.201. The first kappa shape index (κ1) is 31.6. The van der Waals surface area contributed by atoms with Gasteiger partial charge in [-0.25, -0.2) is 4.79 Å². The van der Waals surface area contributed by atoms with Gasteiger partial charge in [-0.1, -0.05) is 85.0 Å². The van der Waals surface area contributed by atoms with Crippen molar-refractivity contribution < 1.29 is 14.3 Å². The topological polar surface area (TPSA) is 85.7 Å². The van der Waals surface area contributed by atoms with E-state index in [2.05, 4.69) is 64.9 Å². The van der Waals surface area contributed by atoms with Gasteiger partial charge in [-0.05, 0) is 70.5 Å². The van der Waals surface area contributed by atoms with Crippen molar-refractivity contribution in [3.63, 3.8) is 0 Å². The molecule has 3 rings (SSSR count). The lowest BCUT2D eigenvalue weighted by molar-refractivity contribution is -0.133. The Morgan fingerprint density at radius 2 is 1.61 bits per heavy atom. The molecule has 1 aliphatic rings. The summed E-state index contributed by atoms with van der Waals surface area (Å²) in [6, 6.07) is 21.6. The van der Waals surface area contributed by atoms with E-state index in [-0.39, 0.29) is 5.91 Å². The van der Waals surface area contributed by atoms with Crippen molar-refractivity contribution in [2.75, 3.05) is 26.2 Å². The summed E-state index contributed by atoms with van der Waals surface area (Å²) in [5, 5.41) is 12.3. The maximum Gasteiger partial charge on any atom is 0.408 e. The second-order valence-corrected chi connectivity index (χ2v) is 11.4. The molecule has 0 bridgehead atoms. The van der Waals surface area contributed by atoms with Crippen molar-refractivity contribution >= 4 is 24.2 Å². The SMILES string of the molecule is CC(C)(C)OC(=O)N[C@@H](CCCCN(CC=Cc1ccccc1)CC=Cc1ccccc1)C(=O)N1CCC[C@H]1C#N. The van der Waals surface area contributed by atoms with Gasteiger partial charge in [0.15, 0.2) is 0 Å². The first-order valence-electron chi connectivity index (χ1n) is 14.6. The maximum atomic E-state index is 13.4. The molecule has 0 saturated carbocycles. The number of ether oxygens (including phenoxy) is 1. The van der Waals surface area contributed by atoms with Gasteiger partial charge in [0.05, 0.1) is 6.07 Å². The van der Waals surface area contributed by atoms with Crippen molar-refractivity contribution in [1.29, 1.82) is 5.26 Å². The van der Waals surface area contributed by atoms with Crippen LogP contribution in [0, 0.1) is 11.3 Å². The van der Waals surface area contributed by atoms with Crippen LogP contribution in [0.15, 0.2) is 72.8 Å². The number of unbranched alkanes of at least 4 members (excludes halogenated alkanes) is 1. The van der Waals surface area contributed by atoms with E-state index >= 15 is 0 Å². The third-order valence-corrected chi connectivity index (χ3v) is 6.84. The normalized spacial score (nSPS) is 16.3. The highest BCUT2D eigenvalue weighted by Gasteiger charge is 2.34. The lowest BCUT2D eigenvalue weighted by Crippen LogP contribution is -2.50. The Balaban J connectivity index is 1.60. The molecular weight excluding hydrogens is 512 g/mol. The molecule has 0 aliphatic carbocycles. The number of carbonyl (C=O) groups excluding carboxylic acids is 2. The fourth-order valence-corrected chi connectivity index (χ4v) is 4.82. The number of nitrogens with one attached hydrogen (secondary N) is 1. The smallest absolute Gasteiger partial charge is 0.408 e. The van der Waals surface area contributed by atoms with Crippen molar-refractivity contribution in [2.24, 2.45) is 0 Å². The van der Waals surface area contributed by atoms with E-state index in [1.807, 2.05) is 36.4 Å². The highest BCUT2D eigenvalue weighted by molar-refractivity contribution is 5.86. The van der Waals surface area contributed by atoms with Gasteiger partial charge >= 0.3 is 6.09 Å². The maximum absolute atomic E-state index is 13.4. The predicted molar refractivity (Wildman–Crippen MR) is 165 cm³/mol. The van der Waals surface area contributed by atoms with Crippen molar-refractivity contribution in [3.8, 4) is 6.07 Å². The number of alkyl carbamates (subject to hydrolysis) is 1. The molecule has 0 unspecified atom stereocenters. The van der Waals surface area contributed by atoms with Crippen LogP contribution in [0.5, 0.6) is 0 Å². The first-order chi connectivity index (χ1) is 19.7. The Labute approximate surface area is 245 Å². The van der Waals surface area contributed by atoms with Gasteiger partial charge in [0.25, 0.3) is 0 Å². The molecule has 0 radical (unpaired) electrons. The Bertz CT molecular complexity index is 1130. The molecule has 218 valence electrons. The summed E-state index contributed by atoms with van der Waals surface area (Å²) in [6.07, 6.45) is 11.6. The van der Waals surface area contributed by atoms with Crippen LogP contribution < -0.4 is 5.32 Å². The van der Waals surface area contributed by atoms with Gasteiger partial charge in [-0.15, -0.1) is 0 Å². The van der Waals surface area contributed by atoms with E-state index in [0.29, 0.717) is 19.4 Å². The molecule has 0 aromatic heterocycles. The Morgan fingerprint density at radius 3 is 2.15 bits per heavy atom. The zero-order valence-corrected chi connectivity index (χ0v) is 24.7. The van der Waals surface area contributed by atoms with Crippen LogP contribution in [-0.2, 0) is 9.53 Å². The fourth-order valence-electron chi connectivity index (χ4n) is 4.82. The van der Waals surface area contributed by atoms with E-state index in [1.165, 1.54) is 11.1 Å². The Kier molecular flexibility index (Phi) is 12.6. The molecule has 41 heavy (non-hydrogen) atoms. The molecule has 1 heterocycles. The summed E-state index contributed by atoms with van der Waals surface area (Å²) in [4.78, 5) is 29.9. The van der Waals surface area contributed by atoms with Crippen molar-refractivity contribution in [3.05, 3.63) is 83.9 Å². The molecule has 7 nitrogen and oxygen atoms in total. The van der Waals surface area contributed by atoms with Crippen molar-refractivity contribution in [2.45, 2.75) is 70.6 Å². The van der Waals surface area contributed by atoms with Gasteiger partial charge in [-0.2, -0.15) is 5.26 Å². The van der Waals surface area contributed by atoms with Crippen LogP contribution in [-0.4, -0.2) is 65.7 Å². The molecule has 7 heteroatoms. The Hall–Kier alpha value is -3.89. The van der Waals surface area contributed by atoms with Gasteiger partial charge in [0.1, 0.15) is 17.7 Å². The summed E-state index contributed by atoms with van der Waals surface area (Å²) in [5.41, 5.74) is 1.67. The molecule has 1 N–H and O–H groups in total. The molecule has 1 saturated heterocycles. The molecule has 0 spiro atoms. The van der Waals surface area contributed by atoms with E-state index < -0.39 is 23.8 Å². The molecule has 2 aromatic rings. The van der Waals surface area contributed by atoms with Crippen LogP contribution in [0.25, 0.3) is 12.2 Å². The number of carbonyl (C=O) groups is 2. The lowest BCUT2D eigenvalue weighted by atomic mass is 10.1. The second-order valence-electron chi connectivity index (χ2n) is 11.4. The number of hydrogen-bond acceptors (Lipinski definition) is 5. The van der Waals surface area contributed by atoms with Gasteiger partial charge in [0.2, 0.25) is 5.91 Å². The zero-order valence-electron chi connectivity index (χ0n) is 24.7. The van der Waals surface area contributed by atoms with Crippen molar-refractivity contribution in [1.82, 2.24) is 15.1 Å². The van der Waals surface area contributed by atoms with E-state index in [1.54, 1.807) is 25.7 Å². The number of rotatable bonds is 13. The van der Waals surface area contributed by atoms with Gasteiger partial charge in [-0.3, -0.25) is 9.69 Å². The van der Waals surface area contributed by atoms with E-state index in [4.69, 9.17) is 4.74 Å². The number of nitriles is 1. The quantitative estimate of drug-likeness (QED) is 0.293. The average Bonchev–Trinajstić information content (AvgIpc) is 3.43. The Morgan fingerprint density at radius 1 is 1.02 bits per heavy atom. The van der Waals surface area contributed by atoms with Crippen LogP contribution >= 0.6 is 0 Å². The summed E-state index contributed by atoms with van der Waals surface area (Å²) in [6.45, 7) is 8.36. The predicted octanol–water partition coefficient (Wildman–Crippen LogP) is 6.29. The van der Waals surface area contributed by atoms with Crippen LogP contribution in [0.3, 0.4) is 0 Å². The fraction of sp³-hybridized carbons (Fsp3) is 0.441. The van der Waals surface area contributed by atoms with Crippen LogP contribution in [0.4, 0.5) is 4.79 Å². The number of nitrogens with zero attached hydrogens (tertiary/aromatic N) is 3. The van der Waals surface area contributed by atoms with Crippen LogP contribution in [0.2, 0.25) is 0 Å². The molecule has 2 amide bonds. The number of hydrogen-bond donors (Lipinski definition) is 1. The highest BCUT2D eigenvalue weighted by Crippen LogP contribution is 2.19. The first-order valence-corrected chi connectivity index (χ1v) is 14.6. The zero-order chi connectivity index (χ0) is 29.5. The standard InChI is InChI=1S/C34H44N4O3/c1-34(2,3)41-33(40)36-31(32(39)38-26-14-21-30(38)27-35)22-10-11-23-37(24-12-19-28-15-6-4-7-16-28)25-13-20-29-17-8-5-9-18-29/h4-9,12-13,15-20,30-31H,10-11,14,21-26H2,1-3H3,(H,36,40)/t30-,31-/m0/s1. The molecule has 2 atom stereocenters. The average molecular weight is 557 g/mol. The molecule has 2 aromatic carbocycles. The number of likely N-dealkylation sites (tertiary alicyclic amines) is 1. The summed E-state index contributed by atoms with van der Waals surface area (Å²) in [5.74, 6) is -0.201. The second kappa shape index (κ2) is 16.4.